The first-order chi connectivity index (χ1) is 16.8. The summed E-state index contributed by atoms with van der Waals surface area (Å²) in [7, 11) is -4.35. The fraction of sp³-hybridized carbons (Fsp3) is 0.476. The number of aromatic amines is 1. The highest BCUT2D eigenvalue weighted by Gasteiger charge is 2.58. The Bertz CT molecular complexity index is 1220. The van der Waals surface area contributed by atoms with Crippen LogP contribution in [0.4, 0.5) is 4.39 Å². The minimum absolute atomic E-state index is 0.125. The summed E-state index contributed by atoms with van der Waals surface area (Å²) in [6.45, 7) is 3.93. The van der Waals surface area contributed by atoms with E-state index in [0.717, 1.165) is 12.3 Å². The number of rotatable bonds is 10. The van der Waals surface area contributed by atoms with E-state index in [-0.39, 0.29) is 5.75 Å². The largest absolute Gasteiger partial charge is 0.462 e. The van der Waals surface area contributed by atoms with Gasteiger partial charge in [0.2, 0.25) is 0 Å². The zero-order valence-corrected chi connectivity index (χ0v) is 21.1. The highest BCUT2D eigenvalue weighted by atomic mass is 35.5. The van der Waals surface area contributed by atoms with Crippen molar-refractivity contribution >= 4 is 25.3 Å². The lowest BCUT2D eigenvalue weighted by Crippen LogP contribution is -2.42. The van der Waals surface area contributed by atoms with Crippen molar-refractivity contribution in [2.24, 2.45) is 0 Å². The summed E-state index contributed by atoms with van der Waals surface area (Å²) in [5.74, 6) is -0.607. The molecule has 1 aliphatic rings. The lowest BCUT2D eigenvalue weighted by atomic mass is 10.1. The molecule has 0 saturated carbocycles. The average Bonchev–Trinajstić information content (AvgIpc) is 3.01. The third kappa shape index (κ3) is 6.61. The predicted octanol–water partition coefficient (Wildman–Crippen LogP) is 1.83. The molecule has 0 bridgehead atoms. The molecule has 1 aliphatic heterocycles. The number of ether oxygens (including phenoxy) is 2. The zero-order valence-electron chi connectivity index (χ0n) is 19.5. The number of halogens is 2. The Labute approximate surface area is 209 Å². The molecule has 15 heteroatoms. The lowest BCUT2D eigenvalue weighted by Gasteiger charge is -2.25. The summed E-state index contributed by atoms with van der Waals surface area (Å²) >= 11 is 5.85. The first-order valence-corrected chi connectivity index (χ1v) is 12.7. The minimum Gasteiger partial charge on any atom is -0.462 e. The molecule has 2 heterocycles. The molecule has 12 nitrogen and oxygen atoms in total. The molecule has 1 aromatic heterocycles. The molecule has 198 valence electrons. The van der Waals surface area contributed by atoms with Crippen molar-refractivity contribution in [2.45, 2.75) is 56.5 Å². The SMILES string of the molecule is CC(C)OC(=O)[C@H](C)NP(=O)(OC[C@H]1O[C@@H](n2ccc(=O)[nH]c2=O)[C@@](F)(Cl)[C@H]1O)Oc1ccccc1. The van der Waals surface area contributed by atoms with E-state index >= 15 is 4.39 Å². The van der Waals surface area contributed by atoms with Gasteiger partial charge in [-0.3, -0.25) is 23.7 Å². The Kier molecular flexibility index (Phi) is 8.75. The molecule has 3 rings (SSSR count). The van der Waals surface area contributed by atoms with Crippen LogP contribution in [0.1, 0.15) is 27.0 Å². The van der Waals surface area contributed by atoms with Crippen molar-refractivity contribution in [1.82, 2.24) is 14.6 Å². The molecule has 0 radical (unpaired) electrons. The third-order valence-electron chi connectivity index (χ3n) is 4.92. The highest BCUT2D eigenvalue weighted by molar-refractivity contribution is 7.52. The fourth-order valence-corrected chi connectivity index (χ4v) is 5.02. The van der Waals surface area contributed by atoms with Gasteiger partial charge in [-0.2, -0.15) is 5.09 Å². The van der Waals surface area contributed by atoms with E-state index in [0.29, 0.717) is 4.57 Å². The number of alkyl halides is 2. The second kappa shape index (κ2) is 11.2. The topological polar surface area (TPSA) is 158 Å². The third-order valence-corrected chi connectivity index (χ3v) is 6.97. The Hall–Kier alpha value is -2.54. The Balaban J connectivity index is 1.80. The van der Waals surface area contributed by atoms with Crippen molar-refractivity contribution in [3.8, 4) is 5.75 Å². The monoisotopic (exact) mass is 549 g/mol. The fourth-order valence-electron chi connectivity index (χ4n) is 3.22. The van der Waals surface area contributed by atoms with Crippen LogP contribution in [-0.2, 0) is 23.4 Å². The van der Waals surface area contributed by atoms with Crippen molar-refractivity contribution in [2.75, 3.05) is 6.61 Å². The molecule has 0 amide bonds. The van der Waals surface area contributed by atoms with Crippen LogP contribution < -0.4 is 20.9 Å². The predicted molar refractivity (Wildman–Crippen MR) is 125 cm³/mol. The van der Waals surface area contributed by atoms with E-state index in [1.807, 2.05) is 4.98 Å². The van der Waals surface area contributed by atoms with Crippen LogP contribution in [0, 0.1) is 0 Å². The lowest BCUT2D eigenvalue weighted by molar-refractivity contribution is -0.149. The maximum Gasteiger partial charge on any atom is 0.459 e. The Morgan fingerprint density at radius 3 is 2.58 bits per heavy atom. The first-order valence-electron chi connectivity index (χ1n) is 10.8. The van der Waals surface area contributed by atoms with Gasteiger partial charge < -0.3 is 19.1 Å². The quantitative estimate of drug-likeness (QED) is 0.227. The summed E-state index contributed by atoms with van der Waals surface area (Å²) in [6, 6.07) is 7.68. The molecule has 1 aromatic carbocycles. The van der Waals surface area contributed by atoms with Gasteiger partial charge in [-0.25, -0.2) is 13.8 Å². The first kappa shape index (κ1) is 28.0. The van der Waals surface area contributed by atoms with Gasteiger partial charge in [-0.1, -0.05) is 29.8 Å². The number of hydrogen-bond donors (Lipinski definition) is 3. The van der Waals surface area contributed by atoms with Crippen molar-refractivity contribution in [3.63, 3.8) is 0 Å². The van der Waals surface area contributed by atoms with Gasteiger partial charge in [0.05, 0.1) is 12.7 Å². The number of carbonyl (C=O) groups excluding carboxylic acids is 1. The van der Waals surface area contributed by atoms with Crippen LogP contribution in [0.3, 0.4) is 0 Å². The maximum atomic E-state index is 15.2. The summed E-state index contributed by atoms with van der Waals surface area (Å²) in [5, 5.41) is 9.86. The highest BCUT2D eigenvalue weighted by Crippen LogP contribution is 2.48. The molecule has 6 atom stereocenters. The smallest absolute Gasteiger partial charge is 0.459 e. The maximum absolute atomic E-state index is 15.2. The van der Waals surface area contributed by atoms with Gasteiger partial charge in [0, 0.05) is 12.3 Å². The molecule has 1 saturated heterocycles. The number of aliphatic hydroxyl groups is 1. The van der Waals surface area contributed by atoms with Crippen LogP contribution in [0.5, 0.6) is 5.75 Å². The number of carbonyl (C=O) groups is 1. The van der Waals surface area contributed by atoms with E-state index in [1.54, 1.807) is 32.0 Å². The van der Waals surface area contributed by atoms with Gasteiger partial charge in [0.15, 0.2) is 6.23 Å². The molecule has 36 heavy (non-hydrogen) atoms. The van der Waals surface area contributed by atoms with E-state index in [1.165, 1.54) is 19.1 Å². The van der Waals surface area contributed by atoms with Crippen molar-refractivity contribution in [1.29, 1.82) is 0 Å². The van der Waals surface area contributed by atoms with Gasteiger partial charge in [-0.05, 0) is 32.9 Å². The molecular weight excluding hydrogens is 524 g/mol. The van der Waals surface area contributed by atoms with Gasteiger partial charge in [-0.15, -0.1) is 0 Å². The number of nitrogens with zero attached hydrogens (tertiary/aromatic N) is 1. The molecule has 0 spiro atoms. The second-order valence-corrected chi connectivity index (χ2v) is 10.5. The van der Waals surface area contributed by atoms with E-state index < -0.39 is 67.3 Å². The number of aliphatic hydroxyl groups excluding tert-OH is 1. The second-order valence-electron chi connectivity index (χ2n) is 8.20. The van der Waals surface area contributed by atoms with Crippen LogP contribution in [0.2, 0.25) is 0 Å². The summed E-state index contributed by atoms with van der Waals surface area (Å²) in [6.07, 6.45) is -4.91. The van der Waals surface area contributed by atoms with Crippen LogP contribution >= 0.6 is 19.3 Å². The Morgan fingerprint density at radius 2 is 1.97 bits per heavy atom. The van der Waals surface area contributed by atoms with Crippen molar-refractivity contribution < 1.29 is 37.4 Å². The van der Waals surface area contributed by atoms with Crippen LogP contribution in [0.25, 0.3) is 0 Å². The van der Waals surface area contributed by atoms with Gasteiger partial charge in [0.1, 0.15) is 24.0 Å². The number of aromatic nitrogens is 2. The van der Waals surface area contributed by atoms with Crippen molar-refractivity contribution in [3.05, 3.63) is 63.4 Å². The summed E-state index contributed by atoms with van der Waals surface area (Å²) in [4.78, 5) is 37.6. The summed E-state index contributed by atoms with van der Waals surface area (Å²) in [5.41, 5.74) is -1.76. The molecule has 1 unspecified atom stereocenters. The minimum atomic E-state index is -4.35. The summed E-state index contributed by atoms with van der Waals surface area (Å²) < 4.78 is 50.8. The number of nitrogens with one attached hydrogen (secondary N) is 2. The van der Waals surface area contributed by atoms with Gasteiger partial charge >= 0.3 is 19.4 Å². The number of esters is 1. The van der Waals surface area contributed by atoms with E-state index in [4.69, 9.17) is 30.1 Å². The van der Waals surface area contributed by atoms with Gasteiger partial charge in [0.25, 0.3) is 10.7 Å². The normalized spacial score (nSPS) is 26.4. The molecule has 3 N–H and O–H groups in total. The molecule has 1 fully saturated rings. The molecule has 0 aliphatic carbocycles. The average molecular weight is 550 g/mol. The van der Waals surface area contributed by atoms with Crippen LogP contribution in [0.15, 0.2) is 52.2 Å². The number of H-pyrrole nitrogens is 1. The number of hydrogen-bond acceptors (Lipinski definition) is 9. The standard InChI is InChI=1S/C21H26ClFN3O9P/c1-12(2)33-18(29)13(3)25-36(31,35-14-7-5-4-6-8-14)32-11-15-17(28)21(22,23)19(34-15)26-10-9-16(27)24-20(26)30/h4-10,12-13,15,17,19,28H,11H2,1-3H3,(H,25,31)(H,24,27,30)/t13-,15+,17-,19+,21+,36?/m0/s1. The number of benzene rings is 1. The molecular formula is C21H26ClFN3O9P. The Morgan fingerprint density at radius 1 is 1.31 bits per heavy atom. The van der Waals surface area contributed by atoms with E-state index in [2.05, 4.69) is 5.09 Å². The molecule has 2 aromatic rings. The number of para-hydroxylation sites is 1. The van der Waals surface area contributed by atoms with Crippen LogP contribution in [-0.4, -0.2) is 56.7 Å². The van der Waals surface area contributed by atoms with E-state index in [9.17, 15) is 24.1 Å². The zero-order chi connectivity index (χ0) is 26.7.